The fourth-order valence-corrected chi connectivity index (χ4v) is 2.29. The van der Waals surface area contributed by atoms with Crippen LogP contribution in [0.4, 0.5) is 0 Å². The molecule has 3 rings (SSSR count). The van der Waals surface area contributed by atoms with Crippen molar-refractivity contribution in [3.63, 3.8) is 0 Å². The summed E-state index contributed by atoms with van der Waals surface area (Å²) in [5.74, 6) is 1.06. The molecule has 102 valence electrons. The van der Waals surface area contributed by atoms with Crippen LogP contribution in [0, 0.1) is 6.92 Å². The third-order valence-electron chi connectivity index (χ3n) is 3.45. The first-order valence-electron chi connectivity index (χ1n) is 6.28. The van der Waals surface area contributed by atoms with Gasteiger partial charge in [-0.15, -0.1) is 0 Å². The number of benzene rings is 2. The predicted molar refractivity (Wildman–Crippen MR) is 74.9 cm³/mol. The molecule has 0 bridgehead atoms. The van der Waals surface area contributed by atoms with Crippen LogP contribution < -0.4 is 4.74 Å². The maximum absolute atomic E-state index is 9.78. The van der Waals surface area contributed by atoms with Gasteiger partial charge in [-0.3, -0.25) is 0 Å². The van der Waals surface area contributed by atoms with Gasteiger partial charge in [0.2, 0.25) is 0 Å². The molecule has 0 fully saturated rings. The summed E-state index contributed by atoms with van der Waals surface area (Å²) in [6, 6.07) is 8.14. The van der Waals surface area contributed by atoms with E-state index < -0.39 is 0 Å². The molecule has 1 heterocycles. The summed E-state index contributed by atoms with van der Waals surface area (Å²) in [6.45, 7) is 1.71. The second kappa shape index (κ2) is 4.49. The molecule has 4 nitrogen and oxygen atoms in total. The smallest absolute Gasteiger partial charge is 0.161 e. The molecule has 0 saturated heterocycles. The average molecular weight is 270 g/mol. The zero-order valence-electron chi connectivity index (χ0n) is 10.9. The Labute approximate surface area is 116 Å². The van der Waals surface area contributed by atoms with Gasteiger partial charge in [0.1, 0.15) is 17.3 Å². The number of hydrogen-bond donors (Lipinski definition) is 3. The summed E-state index contributed by atoms with van der Waals surface area (Å²) in [5, 5.41) is 28.8. The molecule has 1 aliphatic rings. The van der Waals surface area contributed by atoms with Crippen molar-refractivity contribution in [2.45, 2.75) is 13.3 Å². The van der Waals surface area contributed by atoms with Crippen molar-refractivity contribution in [2.24, 2.45) is 0 Å². The van der Waals surface area contributed by atoms with E-state index in [1.165, 1.54) is 6.07 Å². The highest BCUT2D eigenvalue weighted by molar-refractivity contribution is 5.71. The Morgan fingerprint density at radius 2 is 1.85 bits per heavy atom. The fraction of sp³-hybridized carbons (Fsp3) is 0.125. The number of allylic oxidation sites excluding steroid dienone is 1. The van der Waals surface area contributed by atoms with Gasteiger partial charge in [-0.2, -0.15) is 0 Å². The predicted octanol–water partition coefficient (Wildman–Crippen LogP) is 3.09. The molecule has 2 aromatic rings. The minimum Gasteiger partial charge on any atom is -0.508 e. The molecule has 0 aromatic heterocycles. The summed E-state index contributed by atoms with van der Waals surface area (Å²) >= 11 is 0. The van der Waals surface area contributed by atoms with Gasteiger partial charge in [-0.25, -0.2) is 0 Å². The quantitative estimate of drug-likeness (QED) is 0.696. The van der Waals surface area contributed by atoms with Gasteiger partial charge in [0.25, 0.3) is 0 Å². The molecule has 2 aromatic carbocycles. The zero-order chi connectivity index (χ0) is 14.3. The number of fused-ring (bicyclic) bond motifs is 1. The van der Waals surface area contributed by atoms with Gasteiger partial charge in [0, 0.05) is 17.2 Å². The minimum atomic E-state index is -0.152. The van der Waals surface area contributed by atoms with Gasteiger partial charge in [-0.1, -0.05) is 6.07 Å². The Kier molecular flexibility index (Phi) is 2.79. The van der Waals surface area contributed by atoms with Crippen LogP contribution in [-0.2, 0) is 6.42 Å². The molecule has 0 spiro atoms. The molecule has 0 unspecified atom stereocenters. The summed E-state index contributed by atoms with van der Waals surface area (Å²) in [4.78, 5) is 0. The zero-order valence-corrected chi connectivity index (χ0v) is 10.9. The molecular formula is C16H14O4. The maximum Gasteiger partial charge on any atom is 0.161 e. The summed E-state index contributed by atoms with van der Waals surface area (Å²) in [6.07, 6.45) is 2.60. The highest BCUT2D eigenvalue weighted by Crippen LogP contribution is 2.38. The van der Waals surface area contributed by atoms with Crippen LogP contribution in [0.5, 0.6) is 23.0 Å². The van der Waals surface area contributed by atoms with Crippen molar-refractivity contribution in [3.8, 4) is 23.0 Å². The van der Waals surface area contributed by atoms with Crippen LogP contribution >= 0.6 is 0 Å². The van der Waals surface area contributed by atoms with E-state index in [0.717, 1.165) is 5.56 Å². The number of aromatic hydroxyl groups is 3. The van der Waals surface area contributed by atoms with Crippen LogP contribution in [0.25, 0.3) is 5.76 Å². The lowest BCUT2D eigenvalue weighted by Crippen LogP contribution is -2.05. The van der Waals surface area contributed by atoms with E-state index in [9.17, 15) is 15.3 Å². The molecule has 0 aliphatic carbocycles. The van der Waals surface area contributed by atoms with Crippen LogP contribution in [0.2, 0.25) is 0 Å². The molecule has 0 radical (unpaired) electrons. The van der Waals surface area contributed by atoms with Crippen molar-refractivity contribution in [1.29, 1.82) is 0 Å². The van der Waals surface area contributed by atoms with E-state index >= 15 is 0 Å². The molecule has 0 saturated carbocycles. The van der Waals surface area contributed by atoms with Crippen LogP contribution in [-0.4, -0.2) is 15.3 Å². The molecule has 0 amide bonds. The van der Waals surface area contributed by atoms with Crippen molar-refractivity contribution < 1.29 is 20.1 Å². The highest BCUT2D eigenvalue weighted by Gasteiger charge is 2.18. The highest BCUT2D eigenvalue weighted by atomic mass is 16.5. The van der Waals surface area contributed by atoms with Crippen molar-refractivity contribution in [3.05, 3.63) is 53.1 Å². The Morgan fingerprint density at radius 1 is 1.05 bits per heavy atom. The van der Waals surface area contributed by atoms with E-state index in [1.807, 2.05) is 12.1 Å². The third kappa shape index (κ3) is 1.95. The largest absolute Gasteiger partial charge is 0.508 e. The van der Waals surface area contributed by atoms with Crippen molar-refractivity contribution >= 4 is 5.76 Å². The first-order chi connectivity index (χ1) is 9.56. The third-order valence-corrected chi connectivity index (χ3v) is 3.45. The van der Waals surface area contributed by atoms with Gasteiger partial charge in [0.05, 0.1) is 0 Å². The number of rotatable bonds is 1. The second-order valence-electron chi connectivity index (χ2n) is 4.77. The van der Waals surface area contributed by atoms with E-state index in [2.05, 4.69) is 0 Å². The van der Waals surface area contributed by atoms with E-state index in [0.29, 0.717) is 29.1 Å². The fourth-order valence-electron chi connectivity index (χ4n) is 2.29. The Balaban J connectivity index is 2.02. The SMILES string of the molecule is Cc1c(C2=CCc3ccc(O)cc3O2)ccc(O)c1O. The summed E-state index contributed by atoms with van der Waals surface area (Å²) in [5.41, 5.74) is 2.27. The minimum absolute atomic E-state index is 0.145. The lowest BCUT2D eigenvalue weighted by molar-refractivity contribution is 0.400. The van der Waals surface area contributed by atoms with Gasteiger partial charge in [0.15, 0.2) is 11.5 Å². The topological polar surface area (TPSA) is 69.9 Å². The number of ether oxygens (including phenoxy) is 1. The molecule has 20 heavy (non-hydrogen) atoms. The number of phenolic OH excluding ortho intramolecular Hbond substituents is 3. The monoisotopic (exact) mass is 270 g/mol. The standard InChI is InChI=1S/C16H14O4/c1-9-12(5-6-13(18)16(9)19)14-7-3-10-2-4-11(17)8-15(10)20-14/h2,4-8,17-19H,3H2,1H3. The van der Waals surface area contributed by atoms with Crippen LogP contribution in [0.3, 0.4) is 0 Å². The second-order valence-corrected chi connectivity index (χ2v) is 4.77. The van der Waals surface area contributed by atoms with Crippen LogP contribution in [0.15, 0.2) is 36.4 Å². The summed E-state index contributed by atoms with van der Waals surface area (Å²) in [7, 11) is 0. The summed E-state index contributed by atoms with van der Waals surface area (Å²) < 4.78 is 5.78. The molecule has 1 aliphatic heterocycles. The van der Waals surface area contributed by atoms with Gasteiger partial charge >= 0.3 is 0 Å². The lowest BCUT2D eigenvalue weighted by Gasteiger charge is -2.20. The van der Waals surface area contributed by atoms with E-state index in [4.69, 9.17) is 4.74 Å². The van der Waals surface area contributed by atoms with Crippen molar-refractivity contribution in [1.82, 2.24) is 0 Å². The first kappa shape index (κ1) is 12.4. The molecule has 3 N–H and O–H groups in total. The van der Waals surface area contributed by atoms with Crippen LogP contribution in [0.1, 0.15) is 16.7 Å². The van der Waals surface area contributed by atoms with Gasteiger partial charge < -0.3 is 20.1 Å². The lowest BCUT2D eigenvalue weighted by atomic mass is 10.0. The van der Waals surface area contributed by atoms with E-state index in [-0.39, 0.29) is 17.2 Å². The molecule has 0 atom stereocenters. The average Bonchev–Trinajstić information content (AvgIpc) is 2.44. The Hall–Kier alpha value is -2.62. The number of hydrogen-bond acceptors (Lipinski definition) is 4. The van der Waals surface area contributed by atoms with E-state index in [1.54, 1.807) is 25.1 Å². The molecular weight excluding hydrogens is 256 g/mol. The number of phenols is 3. The normalized spacial score (nSPS) is 13.3. The maximum atomic E-state index is 9.78. The Bertz CT molecular complexity index is 717. The van der Waals surface area contributed by atoms with Gasteiger partial charge in [-0.05, 0) is 43.2 Å². The van der Waals surface area contributed by atoms with Crippen molar-refractivity contribution in [2.75, 3.05) is 0 Å². The molecule has 4 heteroatoms. The Morgan fingerprint density at radius 3 is 2.65 bits per heavy atom. The first-order valence-corrected chi connectivity index (χ1v) is 6.28.